The highest BCUT2D eigenvalue weighted by atomic mass is 15.1. The number of fused-ring (bicyclic) bond motifs is 1. The van der Waals surface area contributed by atoms with Crippen LogP contribution in [0.1, 0.15) is 31.9 Å². The molecule has 1 aromatic heterocycles. The van der Waals surface area contributed by atoms with Crippen molar-refractivity contribution in [2.24, 2.45) is 14.1 Å². The SMILES string of the molecule is Cc1ccc(-c2ccccc2)cc1-c1n(C)c2ccc(C(C)(C)C)cc2[n+]1C. The largest absolute Gasteiger partial charge is 0.289 e. The van der Waals surface area contributed by atoms with Gasteiger partial charge in [0.1, 0.15) is 0 Å². The molecule has 0 aliphatic carbocycles. The van der Waals surface area contributed by atoms with Crippen LogP contribution in [0.4, 0.5) is 0 Å². The van der Waals surface area contributed by atoms with Crippen LogP contribution in [-0.4, -0.2) is 4.57 Å². The molecule has 0 aliphatic rings. The molecule has 0 atom stereocenters. The molecule has 0 amide bonds. The smallest absolute Gasteiger partial charge is 0.226 e. The molecule has 0 fully saturated rings. The first-order valence-electron chi connectivity index (χ1n) is 9.93. The predicted molar refractivity (Wildman–Crippen MR) is 118 cm³/mol. The molecule has 4 rings (SSSR count). The molecule has 0 saturated heterocycles. The number of hydrogen-bond acceptors (Lipinski definition) is 0. The fourth-order valence-corrected chi connectivity index (χ4v) is 4.03. The minimum Gasteiger partial charge on any atom is -0.226 e. The highest BCUT2D eigenvalue weighted by Gasteiger charge is 2.25. The summed E-state index contributed by atoms with van der Waals surface area (Å²) in [5.74, 6) is 1.23. The van der Waals surface area contributed by atoms with Gasteiger partial charge in [-0.3, -0.25) is 0 Å². The van der Waals surface area contributed by atoms with Gasteiger partial charge in [-0.1, -0.05) is 69.3 Å². The van der Waals surface area contributed by atoms with Gasteiger partial charge in [-0.25, -0.2) is 9.13 Å². The van der Waals surface area contributed by atoms with Gasteiger partial charge in [-0.05, 0) is 52.8 Å². The Balaban J connectivity index is 1.95. The Morgan fingerprint density at radius 3 is 2.21 bits per heavy atom. The van der Waals surface area contributed by atoms with E-state index in [1.54, 1.807) is 0 Å². The summed E-state index contributed by atoms with van der Waals surface area (Å²) in [4.78, 5) is 0. The highest BCUT2D eigenvalue weighted by molar-refractivity contribution is 5.79. The molecule has 0 aliphatic heterocycles. The summed E-state index contributed by atoms with van der Waals surface area (Å²) in [5, 5.41) is 0. The molecule has 0 bridgehead atoms. The van der Waals surface area contributed by atoms with E-state index in [1.807, 2.05) is 0 Å². The summed E-state index contributed by atoms with van der Waals surface area (Å²) >= 11 is 0. The second-order valence-electron chi connectivity index (χ2n) is 8.79. The lowest BCUT2D eigenvalue weighted by molar-refractivity contribution is -0.634. The van der Waals surface area contributed by atoms with Crippen molar-refractivity contribution in [2.75, 3.05) is 0 Å². The Kier molecular flexibility index (Phi) is 4.38. The van der Waals surface area contributed by atoms with Crippen LogP contribution >= 0.6 is 0 Å². The van der Waals surface area contributed by atoms with Gasteiger partial charge < -0.3 is 0 Å². The monoisotopic (exact) mass is 369 g/mol. The zero-order chi connectivity index (χ0) is 20.1. The highest BCUT2D eigenvalue weighted by Crippen LogP contribution is 2.31. The number of aryl methyl sites for hydroxylation is 3. The molecule has 3 aromatic carbocycles. The topological polar surface area (TPSA) is 8.81 Å². The van der Waals surface area contributed by atoms with E-state index in [0.29, 0.717) is 0 Å². The zero-order valence-electron chi connectivity index (χ0n) is 17.7. The van der Waals surface area contributed by atoms with E-state index >= 15 is 0 Å². The van der Waals surface area contributed by atoms with Gasteiger partial charge in [0.25, 0.3) is 5.82 Å². The van der Waals surface area contributed by atoms with Crippen LogP contribution in [0, 0.1) is 6.92 Å². The number of nitrogens with zero attached hydrogens (tertiary/aromatic N) is 2. The van der Waals surface area contributed by atoms with Crippen LogP contribution in [-0.2, 0) is 19.5 Å². The molecule has 0 saturated carbocycles. The van der Waals surface area contributed by atoms with Crippen LogP contribution in [0.25, 0.3) is 33.5 Å². The van der Waals surface area contributed by atoms with Crippen molar-refractivity contribution in [3.8, 4) is 22.5 Å². The lowest BCUT2D eigenvalue weighted by atomic mass is 9.87. The van der Waals surface area contributed by atoms with Crippen LogP contribution in [0.15, 0.2) is 66.7 Å². The average Bonchev–Trinajstić information content (AvgIpc) is 2.92. The number of rotatable bonds is 2. The number of aromatic nitrogens is 2. The molecule has 0 radical (unpaired) electrons. The van der Waals surface area contributed by atoms with Crippen molar-refractivity contribution in [1.29, 1.82) is 0 Å². The van der Waals surface area contributed by atoms with E-state index in [-0.39, 0.29) is 5.41 Å². The molecule has 4 aromatic rings. The van der Waals surface area contributed by atoms with Crippen molar-refractivity contribution < 1.29 is 4.57 Å². The third kappa shape index (κ3) is 3.03. The van der Waals surface area contributed by atoms with Crippen molar-refractivity contribution in [3.05, 3.63) is 77.9 Å². The van der Waals surface area contributed by atoms with Crippen LogP contribution < -0.4 is 4.57 Å². The van der Waals surface area contributed by atoms with Crippen molar-refractivity contribution in [2.45, 2.75) is 33.1 Å². The summed E-state index contributed by atoms with van der Waals surface area (Å²) in [6.45, 7) is 9.00. The van der Waals surface area contributed by atoms with E-state index in [0.717, 1.165) is 0 Å². The maximum Gasteiger partial charge on any atom is 0.289 e. The maximum atomic E-state index is 2.34. The Morgan fingerprint density at radius 2 is 1.54 bits per heavy atom. The van der Waals surface area contributed by atoms with Gasteiger partial charge >= 0.3 is 0 Å². The summed E-state index contributed by atoms with van der Waals surface area (Å²) < 4.78 is 4.65. The third-order valence-electron chi connectivity index (χ3n) is 5.79. The normalized spacial score (nSPS) is 11.9. The van der Waals surface area contributed by atoms with E-state index in [1.165, 1.54) is 44.7 Å². The summed E-state index contributed by atoms with van der Waals surface area (Å²) in [5.41, 5.74) is 9.10. The Morgan fingerprint density at radius 1 is 0.821 bits per heavy atom. The number of benzene rings is 3. The fourth-order valence-electron chi connectivity index (χ4n) is 4.03. The third-order valence-corrected chi connectivity index (χ3v) is 5.79. The molecule has 28 heavy (non-hydrogen) atoms. The lowest BCUT2D eigenvalue weighted by Gasteiger charge is -2.18. The molecule has 2 nitrogen and oxygen atoms in total. The van der Waals surface area contributed by atoms with Crippen LogP contribution in [0.3, 0.4) is 0 Å². The maximum absolute atomic E-state index is 2.34. The number of hydrogen-bond donors (Lipinski definition) is 0. The Bertz CT molecular complexity index is 1160. The fraction of sp³-hybridized carbons (Fsp3) is 0.269. The van der Waals surface area contributed by atoms with Crippen LogP contribution in [0.2, 0.25) is 0 Å². The molecule has 0 spiro atoms. The molecular formula is C26H29N2+. The van der Waals surface area contributed by atoms with Gasteiger partial charge in [-0.2, -0.15) is 0 Å². The van der Waals surface area contributed by atoms with Crippen molar-refractivity contribution >= 4 is 11.0 Å². The zero-order valence-corrected chi connectivity index (χ0v) is 17.7. The van der Waals surface area contributed by atoms with Gasteiger partial charge in [0.05, 0.1) is 19.7 Å². The standard InChI is InChI=1S/C26H29N2/c1-18-12-13-20(19-10-8-7-9-11-19)16-22(18)25-27(5)23-15-14-21(26(2,3)4)17-24(23)28(25)6/h7-17H,1-6H3/q+1. The lowest BCUT2D eigenvalue weighted by Crippen LogP contribution is -2.30. The first-order chi connectivity index (χ1) is 13.3. The van der Waals surface area contributed by atoms with E-state index in [4.69, 9.17) is 0 Å². The second-order valence-corrected chi connectivity index (χ2v) is 8.79. The minimum absolute atomic E-state index is 0.139. The first-order valence-corrected chi connectivity index (χ1v) is 9.93. The van der Waals surface area contributed by atoms with Gasteiger partial charge in [0.15, 0.2) is 11.0 Å². The molecule has 1 heterocycles. The first kappa shape index (κ1) is 18.5. The van der Waals surface area contributed by atoms with E-state index < -0.39 is 0 Å². The molecule has 0 unspecified atom stereocenters. The predicted octanol–water partition coefficient (Wildman–Crippen LogP) is 5.94. The molecule has 2 heteroatoms. The molecular weight excluding hydrogens is 340 g/mol. The molecule has 0 N–H and O–H groups in total. The quantitative estimate of drug-likeness (QED) is 0.387. The second kappa shape index (κ2) is 6.63. The van der Waals surface area contributed by atoms with Gasteiger partial charge in [-0.15, -0.1) is 0 Å². The van der Waals surface area contributed by atoms with Crippen molar-refractivity contribution in [1.82, 2.24) is 4.57 Å². The Labute approximate surface area is 168 Å². The van der Waals surface area contributed by atoms with Crippen LogP contribution in [0.5, 0.6) is 0 Å². The summed E-state index contributed by atoms with van der Waals surface area (Å²) in [6.07, 6.45) is 0. The Hall–Kier alpha value is -2.87. The summed E-state index contributed by atoms with van der Waals surface area (Å²) in [7, 11) is 4.35. The van der Waals surface area contributed by atoms with Gasteiger partial charge in [0, 0.05) is 0 Å². The summed E-state index contributed by atoms with van der Waals surface area (Å²) in [6, 6.07) is 24.2. The minimum atomic E-state index is 0.139. The van der Waals surface area contributed by atoms with E-state index in [2.05, 4.69) is 118 Å². The van der Waals surface area contributed by atoms with E-state index in [9.17, 15) is 0 Å². The molecule has 142 valence electrons. The van der Waals surface area contributed by atoms with Crippen molar-refractivity contribution in [3.63, 3.8) is 0 Å². The number of imidazole rings is 1. The van der Waals surface area contributed by atoms with Gasteiger partial charge in [0.2, 0.25) is 0 Å². The average molecular weight is 370 g/mol.